The average Bonchev–Trinajstić information content (AvgIpc) is 0.726. The largest absolute Gasteiger partial charge is 0.396 e. The minimum absolute atomic E-state index is 0.00290. The first kappa shape index (κ1) is 102. The van der Waals surface area contributed by atoms with Crippen molar-refractivity contribution >= 4 is 178 Å². The van der Waals surface area contributed by atoms with E-state index >= 15 is 13.2 Å². The summed E-state index contributed by atoms with van der Waals surface area (Å²) in [6, 6.07) is 14.6. The van der Waals surface area contributed by atoms with Gasteiger partial charge >= 0.3 is 0 Å². The van der Waals surface area contributed by atoms with Crippen LogP contribution >= 0.6 is 92.8 Å². The summed E-state index contributed by atoms with van der Waals surface area (Å²) in [6.45, 7) is 35.2. The molecule has 0 spiro atoms. The molecule has 0 unspecified atom stereocenters. The van der Waals surface area contributed by atoms with Crippen molar-refractivity contribution in [1.29, 1.82) is 15.8 Å². The number of aryl methyl sites for hydroxylation is 3. The van der Waals surface area contributed by atoms with Gasteiger partial charge in [-0.15, -0.1) is 0 Å². The third-order valence-electron chi connectivity index (χ3n) is 24.2. The number of nitrogen functional groups attached to an aromatic ring is 3. The molecule has 714 valence electrons. The van der Waals surface area contributed by atoms with Crippen LogP contribution in [-0.2, 0) is 14.4 Å². The molecule has 3 fully saturated rings. The molecule has 138 heavy (non-hydrogen) atoms. The van der Waals surface area contributed by atoms with Gasteiger partial charge in [-0.3, -0.25) is 57.4 Å². The molecule has 0 radical (unpaired) electrons. The van der Waals surface area contributed by atoms with E-state index in [1.807, 2.05) is 78.2 Å². The Labute approximate surface area is 825 Å². The molecular weight excluding hydrogens is 1960 g/mol. The van der Waals surface area contributed by atoms with Gasteiger partial charge < -0.3 is 46.6 Å². The Bertz CT molecular complexity index is 6790. The fourth-order valence-corrected chi connectivity index (χ4v) is 19.3. The normalized spacial score (nSPS) is 15.0. The molecular formula is C96H84Cl8F7N21O6. The number of amides is 3. The molecule has 6 N–H and O–H groups in total. The predicted molar refractivity (Wildman–Crippen MR) is 526 cm³/mol. The van der Waals surface area contributed by atoms with Gasteiger partial charge in [-0.1, -0.05) is 154 Å². The minimum Gasteiger partial charge on any atom is -0.396 e. The average molecular weight is 2040 g/mol. The van der Waals surface area contributed by atoms with Gasteiger partial charge in [-0.2, -0.15) is 15.8 Å². The van der Waals surface area contributed by atoms with Crippen molar-refractivity contribution < 1.29 is 45.1 Å². The van der Waals surface area contributed by atoms with Gasteiger partial charge in [0.25, 0.3) is 16.7 Å². The lowest BCUT2D eigenvalue weighted by atomic mass is 10.0. The van der Waals surface area contributed by atoms with Gasteiger partial charge in [0.15, 0.2) is 40.7 Å². The fourth-order valence-electron chi connectivity index (χ4n) is 17.5. The molecule has 15 rings (SSSR count). The van der Waals surface area contributed by atoms with Gasteiger partial charge in [0.2, 0.25) is 17.7 Å². The quantitative estimate of drug-likeness (QED) is 0.0282. The van der Waals surface area contributed by atoms with Crippen LogP contribution in [-0.4, -0.2) is 153 Å². The highest BCUT2D eigenvalue weighted by Gasteiger charge is 2.40. The molecule has 27 nitrogen and oxygen atoms in total. The zero-order valence-electron chi connectivity index (χ0n) is 75.8. The molecule has 12 heterocycles. The van der Waals surface area contributed by atoms with Gasteiger partial charge in [0, 0.05) is 112 Å². The van der Waals surface area contributed by atoms with Crippen molar-refractivity contribution in [2.45, 2.75) is 119 Å². The summed E-state index contributed by atoms with van der Waals surface area (Å²) in [5.74, 6) is -10.9. The molecule has 9 aromatic heterocycles. The van der Waals surface area contributed by atoms with E-state index in [4.69, 9.17) is 120 Å². The van der Waals surface area contributed by atoms with Gasteiger partial charge in [-0.05, 0) is 131 Å². The molecule has 42 heteroatoms. The van der Waals surface area contributed by atoms with Crippen molar-refractivity contribution in [2.24, 2.45) is 0 Å². The van der Waals surface area contributed by atoms with Gasteiger partial charge in [0.05, 0.1) is 127 Å². The number of carbonyl (C=O) groups is 3. The van der Waals surface area contributed by atoms with E-state index in [-0.39, 0.29) is 206 Å². The molecule has 0 saturated carbocycles. The summed E-state index contributed by atoms with van der Waals surface area (Å²) in [4.78, 5) is 118. The number of halogens is 15. The highest BCUT2D eigenvalue weighted by Crippen LogP contribution is 2.50. The number of piperazine rings is 3. The van der Waals surface area contributed by atoms with Crippen molar-refractivity contribution in [1.82, 2.24) is 58.3 Å². The lowest BCUT2D eigenvalue weighted by Crippen LogP contribution is -2.54. The highest BCUT2D eigenvalue weighted by molar-refractivity contribution is 6.41. The number of rotatable bonds is 15. The third-order valence-corrected chi connectivity index (χ3v) is 26.8. The monoisotopic (exact) mass is 2040 g/mol. The molecule has 3 atom stereocenters. The summed E-state index contributed by atoms with van der Waals surface area (Å²) >= 11 is 50.4. The number of nitrogens with two attached hydrogens (primary N) is 3. The molecule has 3 aliphatic rings. The van der Waals surface area contributed by atoms with Gasteiger partial charge in [-0.25, -0.2) is 45.7 Å². The van der Waals surface area contributed by atoms with E-state index in [0.717, 1.165) is 0 Å². The number of benzene rings is 3. The van der Waals surface area contributed by atoms with Crippen molar-refractivity contribution in [3.05, 3.63) is 255 Å². The second kappa shape index (κ2) is 40.5. The van der Waals surface area contributed by atoms with E-state index in [9.17, 15) is 62.1 Å². The number of fused-ring (bicyclic) bond motifs is 3. The first-order chi connectivity index (χ1) is 65.2. The first-order valence-corrected chi connectivity index (χ1v) is 45.6. The second-order valence-electron chi connectivity index (χ2n) is 33.8. The molecule has 0 aliphatic carbocycles. The van der Waals surface area contributed by atoms with Crippen LogP contribution in [0.15, 0.2) is 107 Å². The highest BCUT2D eigenvalue weighted by atomic mass is 35.5. The predicted octanol–water partition coefficient (Wildman–Crippen LogP) is 19.9. The topological polar surface area (TPSA) is 363 Å². The Morgan fingerprint density at radius 2 is 0.659 bits per heavy atom. The number of aromatic nitrogens is 9. The zero-order chi connectivity index (χ0) is 101. The lowest BCUT2D eigenvalue weighted by Gasteiger charge is -2.41. The third kappa shape index (κ3) is 17.9. The molecule has 0 bridgehead atoms. The van der Waals surface area contributed by atoms with E-state index in [1.54, 1.807) is 77.2 Å². The van der Waals surface area contributed by atoms with Crippen LogP contribution in [0.3, 0.4) is 0 Å². The van der Waals surface area contributed by atoms with E-state index in [1.165, 1.54) is 50.1 Å². The smallest absolute Gasteiger partial charge is 0.276 e. The van der Waals surface area contributed by atoms with Crippen LogP contribution in [0.1, 0.15) is 131 Å². The zero-order valence-corrected chi connectivity index (χ0v) is 81.8. The van der Waals surface area contributed by atoms with Crippen LogP contribution in [0.2, 0.25) is 40.2 Å². The van der Waals surface area contributed by atoms with Crippen LogP contribution in [0, 0.1) is 95.5 Å². The standard InChI is InChI=1S/2C32H28Cl3F2N7O2.C32H28Cl2F3N7O2/c2*1-6-20(45)43-10-9-42(13-16(43)5)30-17-11-19(33)28(21-22(34)26(39)25(37)23(35)24(21)36)41-31(17)44(32(46)18(30)12-38)29-15(4)7-8-40-27(29)14(2)3;1-6-20(45)43-10-9-42(13-16(43)5)30-17-11-19(33)28(21-23(35)24(36)22(34)25(37)26(21)39)41-31(17)44(32(46)18(30)12-38)29-15(4)7-8-40-27(29)14(2)3/h3*6-8,11,14,16H,1,9-10,13,39H2,2-5H3/t3*16-/m111/s1. The van der Waals surface area contributed by atoms with Crippen LogP contribution in [0.5, 0.6) is 0 Å². The number of pyridine rings is 9. The molecule has 12 aromatic rings. The van der Waals surface area contributed by atoms with E-state index in [0.29, 0.717) is 50.8 Å². The maximum atomic E-state index is 15.6. The van der Waals surface area contributed by atoms with Crippen molar-refractivity contribution in [2.75, 3.05) is 90.8 Å². The fraction of sp³-hybridized carbons (Fsp3) is 0.281. The molecule has 3 amide bonds. The summed E-state index contributed by atoms with van der Waals surface area (Å²) < 4.78 is 109. The number of carbonyl (C=O) groups excluding carboxylic acids is 3. The summed E-state index contributed by atoms with van der Waals surface area (Å²) in [6.07, 6.45) is 8.48. The van der Waals surface area contributed by atoms with Crippen LogP contribution < -0.4 is 48.6 Å². The molecule has 3 saturated heterocycles. The van der Waals surface area contributed by atoms with Crippen LogP contribution in [0.25, 0.3) is 83.9 Å². The lowest BCUT2D eigenvalue weighted by molar-refractivity contribution is -0.129. The van der Waals surface area contributed by atoms with Gasteiger partial charge in [0.1, 0.15) is 66.9 Å². The number of hydrogen-bond donors (Lipinski definition) is 3. The maximum Gasteiger partial charge on any atom is 0.276 e. The number of nitriles is 3. The van der Waals surface area contributed by atoms with E-state index < -0.39 is 122 Å². The Kier molecular flexibility index (Phi) is 30.1. The summed E-state index contributed by atoms with van der Waals surface area (Å²) in [5.41, 5.74) is 15.2. The number of anilines is 6. The van der Waals surface area contributed by atoms with Crippen molar-refractivity contribution in [3.8, 4) is 69.0 Å². The molecule has 3 aliphatic heterocycles. The summed E-state index contributed by atoms with van der Waals surface area (Å²) in [7, 11) is 0. The maximum absolute atomic E-state index is 15.6. The van der Waals surface area contributed by atoms with Crippen LogP contribution in [0.4, 0.5) is 64.9 Å². The SMILES string of the molecule is C=CC(=O)N1CCN(c2c(C#N)c(=O)n(-c3c(C)ccnc3C(C)C)c3nc(-c4c(F)c(Cl)c(F)c(N)c4Cl)c(Cl)cc23)C[C@H]1C.C=CC(=O)N1CCN(c2c(C#N)c(=O)n(-c3c(C)ccnc3C(C)C)c3nc(-c4c(F)c(Cl)c(F)c(N)c4Cl)c(Cl)cc23)C[C@H]1C.C=CC(=O)N1CCN(c2c(C#N)c(=O)n(-c3c(C)ccnc3C(C)C)c3nc(-c4c(N)c(F)c(Cl)c(F)c4F)c(Cl)cc23)C[C@H]1C. The Balaban J connectivity index is 0.000000175. The summed E-state index contributed by atoms with van der Waals surface area (Å²) in [5, 5.41) is 27.6. The second-order valence-corrected chi connectivity index (χ2v) is 36.9. The number of hydrogen-bond acceptors (Lipinski definition) is 21. The van der Waals surface area contributed by atoms with E-state index in [2.05, 4.69) is 51.8 Å². The number of nitrogens with zero attached hydrogens (tertiary/aromatic N) is 18. The Morgan fingerprint density at radius 3 is 0.913 bits per heavy atom. The minimum atomic E-state index is -1.69. The Hall–Kier alpha value is -13.1. The Morgan fingerprint density at radius 1 is 0.399 bits per heavy atom. The molecule has 3 aromatic carbocycles. The van der Waals surface area contributed by atoms with Crippen molar-refractivity contribution in [3.63, 3.8) is 0 Å². The first-order valence-electron chi connectivity index (χ1n) is 42.6.